The molecular formula is C46H33NO. The first kappa shape index (κ1) is 29.2. The van der Waals surface area contributed by atoms with Crippen LogP contribution in [0.25, 0.3) is 86.2 Å². The summed E-state index contributed by atoms with van der Waals surface area (Å²) in [6.45, 7) is 1.31. The minimum absolute atomic E-state index is 0.333. The Balaban J connectivity index is 0.000000126. The Hall–Kier alpha value is -6.25. The maximum atomic E-state index is 9.22. The summed E-state index contributed by atoms with van der Waals surface area (Å²) in [6.07, 6.45) is 0. The molecule has 0 aliphatic rings. The summed E-state index contributed by atoms with van der Waals surface area (Å²) in [4.78, 5) is 9.22. The number of amides is 1. The second kappa shape index (κ2) is 12.2. The van der Waals surface area contributed by atoms with E-state index in [1.807, 2.05) is 0 Å². The molecule has 0 spiro atoms. The predicted octanol–water partition coefficient (Wildman–Crippen LogP) is 12.1. The number of nitrogens with two attached hydrogens (primary N) is 1. The van der Waals surface area contributed by atoms with E-state index < -0.39 is 0 Å². The van der Waals surface area contributed by atoms with Crippen molar-refractivity contribution < 1.29 is 4.79 Å². The maximum absolute atomic E-state index is 9.22. The van der Waals surface area contributed by atoms with Gasteiger partial charge < -0.3 is 5.73 Å². The molecule has 0 atom stereocenters. The summed E-state index contributed by atoms with van der Waals surface area (Å²) in [5, 5.41) is 20.9. The minimum Gasteiger partial charge on any atom is -0.370 e. The summed E-state index contributed by atoms with van der Waals surface area (Å²) in [6, 6.07) is 61.8. The summed E-state index contributed by atoms with van der Waals surface area (Å²) in [7, 11) is 0. The molecule has 0 heterocycles. The number of rotatable bonds is 0. The van der Waals surface area contributed by atoms with Crippen LogP contribution >= 0.6 is 0 Å². The third-order valence-electron chi connectivity index (χ3n) is 9.05. The molecule has 0 bridgehead atoms. The Kier molecular flexibility index (Phi) is 7.39. The molecule has 0 fully saturated rings. The Morgan fingerprint density at radius 1 is 0.292 bits per heavy atom. The number of carbonyl (C=O) groups is 1. The van der Waals surface area contributed by atoms with Crippen LogP contribution in [-0.4, -0.2) is 5.91 Å². The van der Waals surface area contributed by atoms with Crippen LogP contribution in [0.4, 0.5) is 0 Å². The largest absolute Gasteiger partial charge is 0.370 e. The smallest absolute Gasteiger partial charge is 0.214 e. The van der Waals surface area contributed by atoms with Crippen molar-refractivity contribution in [1.82, 2.24) is 0 Å². The second-order valence-corrected chi connectivity index (χ2v) is 12.5. The Morgan fingerprint density at radius 2 is 0.396 bits per heavy atom. The molecule has 10 aromatic rings. The van der Waals surface area contributed by atoms with E-state index in [0.717, 1.165) is 0 Å². The lowest BCUT2D eigenvalue weighted by molar-refractivity contribution is -0.115. The molecule has 1 amide bonds. The molecule has 2 nitrogen and oxygen atoms in total. The molecule has 0 saturated carbocycles. The van der Waals surface area contributed by atoms with E-state index in [1.54, 1.807) is 0 Å². The van der Waals surface area contributed by atoms with Crippen molar-refractivity contribution in [2.75, 3.05) is 0 Å². The van der Waals surface area contributed by atoms with E-state index in [1.165, 1.54) is 93.1 Å². The van der Waals surface area contributed by atoms with Crippen LogP contribution < -0.4 is 5.73 Å². The Bertz CT molecular complexity index is 2270. The van der Waals surface area contributed by atoms with E-state index in [-0.39, 0.29) is 5.91 Å². The molecule has 2 heteroatoms. The average molecular weight is 616 g/mol. The van der Waals surface area contributed by atoms with Gasteiger partial charge in [-0.1, -0.05) is 97.1 Å². The van der Waals surface area contributed by atoms with Crippen LogP contribution in [0.3, 0.4) is 0 Å². The zero-order valence-corrected chi connectivity index (χ0v) is 26.7. The lowest BCUT2D eigenvalue weighted by Gasteiger charge is -2.07. The third-order valence-corrected chi connectivity index (χ3v) is 9.05. The van der Waals surface area contributed by atoms with Crippen molar-refractivity contribution in [1.29, 1.82) is 0 Å². The lowest BCUT2D eigenvalue weighted by Crippen LogP contribution is -2.01. The number of hydrogen-bond donors (Lipinski definition) is 1. The summed E-state index contributed by atoms with van der Waals surface area (Å²) < 4.78 is 0. The number of hydrogen-bond acceptors (Lipinski definition) is 1. The van der Waals surface area contributed by atoms with Gasteiger partial charge in [0.15, 0.2) is 0 Å². The van der Waals surface area contributed by atoms with Gasteiger partial charge >= 0.3 is 0 Å². The van der Waals surface area contributed by atoms with E-state index in [2.05, 4.69) is 176 Å². The molecule has 0 aliphatic heterocycles. The topological polar surface area (TPSA) is 43.1 Å². The molecule has 228 valence electrons. The van der Waals surface area contributed by atoms with E-state index in [0.29, 0.717) is 0 Å². The fraction of sp³-hybridized carbons (Fsp3) is 0.0217. The highest BCUT2D eigenvalue weighted by Gasteiger charge is 2.04. The van der Waals surface area contributed by atoms with Crippen LogP contribution in [-0.2, 0) is 4.79 Å². The van der Waals surface area contributed by atoms with Gasteiger partial charge in [0.25, 0.3) is 0 Å². The first-order chi connectivity index (χ1) is 23.5. The number of carbonyl (C=O) groups excluding carboxylic acids is 1. The van der Waals surface area contributed by atoms with Gasteiger partial charge in [-0.15, -0.1) is 0 Å². The van der Waals surface area contributed by atoms with Gasteiger partial charge in [0.2, 0.25) is 5.91 Å². The van der Waals surface area contributed by atoms with Crippen molar-refractivity contribution in [2.24, 2.45) is 5.73 Å². The molecule has 48 heavy (non-hydrogen) atoms. The van der Waals surface area contributed by atoms with Crippen LogP contribution in [0.1, 0.15) is 6.92 Å². The third kappa shape index (κ3) is 5.77. The van der Waals surface area contributed by atoms with Gasteiger partial charge in [-0.05, 0) is 159 Å². The van der Waals surface area contributed by atoms with Crippen molar-refractivity contribution >= 4 is 92.1 Å². The summed E-state index contributed by atoms with van der Waals surface area (Å²) in [5.41, 5.74) is 4.47. The molecule has 10 rings (SSSR count). The standard InChI is InChI=1S/2C22H14.C2H5NO/c2*1-2-6-16-10-20-14-22-12-18-8-4-3-7-17(18)11-21(22)13-19(20)9-15(16)5-1;1-2(3)4/h2*1-14H;1H3,(H2,3,4). The minimum atomic E-state index is -0.333. The van der Waals surface area contributed by atoms with Gasteiger partial charge in [0.1, 0.15) is 0 Å². The van der Waals surface area contributed by atoms with Gasteiger partial charge in [-0.3, -0.25) is 4.79 Å². The molecule has 0 aliphatic carbocycles. The highest BCUT2D eigenvalue weighted by molar-refractivity contribution is 6.09. The van der Waals surface area contributed by atoms with E-state index in [9.17, 15) is 4.79 Å². The molecule has 0 aromatic heterocycles. The molecule has 0 radical (unpaired) electrons. The Labute approximate surface area is 278 Å². The molecule has 10 aromatic carbocycles. The van der Waals surface area contributed by atoms with Crippen LogP contribution in [0.15, 0.2) is 170 Å². The number of fused-ring (bicyclic) bond motifs is 8. The first-order valence-corrected chi connectivity index (χ1v) is 16.2. The van der Waals surface area contributed by atoms with Crippen molar-refractivity contribution in [3.05, 3.63) is 170 Å². The number of benzene rings is 10. The highest BCUT2D eigenvalue weighted by atomic mass is 16.1. The molecule has 0 saturated heterocycles. The molecular weight excluding hydrogens is 583 g/mol. The van der Waals surface area contributed by atoms with Gasteiger partial charge in [-0.25, -0.2) is 0 Å². The first-order valence-electron chi connectivity index (χ1n) is 16.2. The highest BCUT2D eigenvalue weighted by Crippen LogP contribution is 2.31. The van der Waals surface area contributed by atoms with Crippen LogP contribution in [0, 0.1) is 0 Å². The van der Waals surface area contributed by atoms with E-state index >= 15 is 0 Å². The zero-order chi connectivity index (χ0) is 32.6. The lowest BCUT2D eigenvalue weighted by atomic mass is 9.97. The van der Waals surface area contributed by atoms with Crippen molar-refractivity contribution in [2.45, 2.75) is 6.92 Å². The predicted molar refractivity (Wildman–Crippen MR) is 208 cm³/mol. The quantitative estimate of drug-likeness (QED) is 0.169. The van der Waals surface area contributed by atoms with Crippen molar-refractivity contribution in [3.63, 3.8) is 0 Å². The second-order valence-electron chi connectivity index (χ2n) is 12.5. The fourth-order valence-electron chi connectivity index (χ4n) is 6.77. The molecule has 0 unspecified atom stereocenters. The van der Waals surface area contributed by atoms with Gasteiger partial charge in [0, 0.05) is 6.92 Å². The summed E-state index contributed by atoms with van der Waals surface area (Å²) >= 11 is 0. The Morgan fingerprint density at radius 3 is 0.521 bits per heavy atom. The average Bonchev–Trinajstić information content (AvgIpc) is 3.09. The summed E-state index contributed by atoms with van der Waals surface area (Å²) in [5.74, 6) is -0.333. The SMILES string of the molecule is CC(N)=O.c1ccc2cc3cc4cc5ccccc5cc4cc3cc2c1.c1ccc2cc3cc4cc5ccccc5cc4cc3cc2c1. The maximum Gasteiger partial charge on any atom is 0.214 e. The van der Waals surface area contributed by atoms with Crippen LogP contribution in [0.2, 0.25) is 0 Å². The van der Waals surface area contributed by atoms with Crippen LogP contribution in [0.5, 0.6) is 0 Å². The zero-order valence-electron chi connectivity index (χ0n) is 26.7. The fourth-order valence-corrected chi connectivity index (χ4v) is 6.77. The van der Waals surface area contributed by atoms with E-state index in [4.69, 9.17) is 0 Å². The normalized spacial score (nSPS) is 11.2. The van der Waals surface area contributed by atoms with Gasteiger partial charge in [0.05, 0.1) is 0 Å². The molecule has 2 N–H and O–H groups in total. The van der Waals surface area contributed by atoms with Gasteiger partial charge in [-0.2, -0.15) is 0 Å². The monoisotopic (exact) mass is 615 g/mol. The van der Waals surface area contributed by atoms with Crippen molar-refractivity contribution in [3.8, 4) is 0 Å². The number of primary amides is 1.